The largest absolute Gasteiger partial charge is 0.360 e. The molecule has 0 saturated heterocycles. The van der Waals surface area contributed by atoms with E-state index in [0.717, 1.165) is 0 Å². The molecular weight excluding hydrogens is 300 g/mol. The second kappa shape index (κ2) is 7.83. The molecule has 0 spiro atoms. The lowest BCUT2D eigenvalue weighted by Gasteiger charge is -2.04. The summed E-state index contributed by atoms with van der Waals surface area (Å²) in [6.45, 7) is 1.50. The van der Waals surface area contributed by atoms with Gasteiger partial charge < -0.3 is 15.2 Å². The first-order chi connectivity index (χ1) is 11.0. The van der Waals surface area contributed by atoms with Gasteiger partial charge in [0.2, 0.25) is 11.8 Å². The number of hydrogen-bond acceptors (Lipinski definition) is 6. The maximum Gasteiger partial charge on any atom is 0.245 e. The Morgan fingerprint density at radius 2 is 2.04 bits per heavy atom. The SMILES string of the molecule is Cc1cc(NC(=O)CNC(=O)CCC(=O)c2cccnc2)no1. The Hall–Kier alpha value is -3.03. The van der Waals surface area contributed by atoms with Crippen molar-refractivity contribution in [1.82, 2.24) is 15.5 Å². The summed E-state index contributed by atoms with van der Waals surface area (Å²) in [6.07, 6.45) is 3.08. The van der Waals surface area contributed by atoms with Gasteiger partial charge in [-0.3, -0.25) is 19.4 Å². The van der Waals surface area contributed by atoms with Crippen molar-refractivity contribution in [3.8, 4) is 0 Å². The fourth-order valence-electron chi connectivity index (χ4n) is 1.78. The van der Waals surface area contributed by atoms with Gasteiger partial charge in [-0.25, -0.2) is 0 Å². The molecule has 0 fully saturated rings. The molecule has 2 N–H and O–H groups in total. The third kappa shape index (κ3) is 5.34. The highest BCUT2D eigenvalue weighted by Gasteiger charge is 2.11. The van der Waals surface area contributed by atoms with Crippen molar-refractivity contribution >= 4 is 23.4 Å². The van der Waals surface area contributed by atoms with Crippen molar-refractivity contribution in [2.75, 3.05) is 11.9 Å². The van der Waals surface area contributed by atoms with E-state index in [1.54, 1.807) is 31.3 Å². The Morgan fingerprint density at radius 1 is 1.22 bits per heavy atom. The molecule has 2 amide bonds. The number of nitrogens with zero attached hydrogens (tertiary/aromatic N) is 2. The lowest BCUT2D eigenvalue weighted by atomic mass is 10.1. The van der Waals surface area contributed by atoms with Crippen molar-refractivity contribution in [1.29, 1.82) is 0 Å². The zero-order valence-electron chi connectivity index (χ0n) is 12.5. The molecule has 2 aromatic heterocycles. The van der Waals surface area contributed by atoms with E-state index in [1.807, 2.05) is 0 Å². The summed E-state index contributed by atoms with van der Waals surface area (Å²) in [5, 5.41) is 8.52. The maximum absolute atomic E-state index is 11.8. The molecule has 0 saturated carbocycles. The fraction of sp³-hybridized carbons (Fsp3) is 0.267. The Morgan fingerprint density at radius 3 is 2.70 bits per heavy atom. The van der Waals surface area contributed by atoms with Crippen LogP contribution in [0, 0.1) is 6.92 Å². The molecule has 0 radical (unpaired) electrons. The van der Waals surface area contributed by atoms with E-state index < -0.39 is 5.91 Å². The van der Waals surface area contributed by atoms with Gasteiger partial charge in [0.15, 0.2) is 11.6 Å². The number of aromatic nitrogens is 2. The van der Waals surface area contributed by atoms with E-state index in [1.165, 1.54) is 6.20 Å². The van der Waals surface area contributed by atoms with Crippen LogP contribution >= 0.6 is 0 Å². The predicted octanol–water partition coefficient (Wildman–Crippen LogP) is 1.10. The topological polar surface area (TPSA) is 114 Å². The molecular formula is C15H16N4O4. The van der Waals surface area contributed by atoms with Crippen LogP contribution in [-0.4, -0.2) is 34.3 Å². The molecule has 0 aliphatic heterocycles. The van der Waals surface area contributed by atoms with Crippen molar-refractivity contribution in [2.45, 2.75) is 19.8 Å². The molecule has 0 aliphatic rings. The molecule has 8 nitrogen and oxygen atoms in total. The Kier molecular flexibility index (Phi) is 5.56. The molecule has 120 valence electrons. The van der Waals surface area contributed by atoms with Gasteiger partial charge in [0.25, 0.3) is 0 Å². The van der Waals surface area contributed by atoms with Crippen LogP contribution in [0.5, 0.6) is 0 Å². The number of ketones is 1. The molecule has 0 aromatic carbocycles. The van der Waals surface area contributed by atoms with Gasteiger partial charge in [-0.1, -0.05) is 5.16 Å². The minimum absolute atomic E-state index is 0.00404. The standard InChI is InChI=1S/C15H16N4O4/c1-10-7-13(19-23-10)18-15(22)9-17-14(21)5-4-12(20)11-3-2-6-16-8-11/h2-3,6-8H,4-5,9H2,1H3,(H,17,21)(H,18,19,22). The zero-order chi connectivity index (χ0) is 16.7. The molecule has 2 heterocycles. The van der Waals surface area contributed by atoms with Crippen molar-refractivity contribution < 1.29 is 18.9 Å². The van der Waals surface area contributed by atoms with Crippen molar-refractivity contribution in [2.24, 2.45) is 0 Å². The number of hydrogen-bond donors (Lipinski definition) is 2. The number of Topliss-reactive ketones (excluding diaryl/α,β-unsaturated/α-hetero) is 1. The van der Waals surface area contributed by atoms with Gasteiger partial charge in [0.05, 0.1) is 6.54 Å². The normalized spacial score (nSPS) is 10.1. The van der Waals surface area contributed by atoms with Crippen LogP contribution in [0.4, 0.5) is 5.82 Å². The van der Waals surface area contributed by atoms with Crippen LogP contribution in [0.1, 0.15) is 29.0 Å². The van der Waals surface area contributed by atoms with E-state index in [9.17, 15) is 14.4 Å². The lowest BCUT2D eigenvalue weighted by molar-refractivity contribution is -0.124. The van der Waals surface area contributed by atoms with Gasteiger partial charge >= 0.3 is 0 Å². The van der Waals surface area contributed by atoms with E-state index in [4.69, 9.17) is 4.52 Å². The number of rotatable bonds is 7. The number of amides is 2. The minimum atomic E-state index is -0.426. The zero-order valence-corrected chi connectivity index (χ0v) is 12.5. The van der Waals surface area contributed by atoms with E-state index in [2.05, 4.69) is 20.8 Å². The summed E-state index contributed by atoms with van der Waals surface area (Å²) in [5.41, 5.74) is 0.458. The smallest absolute Gasteiger partial charge is 0.245 e. The number of pyridine rings is 1. The van der Waals surface area contributed by atoms with Gasteiger partial charge in [-0.05, 0) is 19.1 Å². The summed E-state index contributed by atoms with van der Waals surface area (Å²) in [5.74, 6) is -0.124. The van der Waals surface area contributed by atoms with Crippen LogP contribution < -0.4 is 10.6 Å². The maximum atomic E-state index is 11.8. The predicted molar refractivity (Wildman–Crippen MR) is 80.7 cm³/mol. The highest BCUT2D eigenvalue weighted by Crippen LogP contribution is 2.06. The van der Waals surface area contributed by atoms with Gasteiger partial charge in [-0.2, -0.15) is 0 Å². The number of aryl methyl sites for hydroxylation is 1. The average molecular weight is 316 g/mol. The highest BCUT2D eigenvalue weighted by atomic mass is 16.5. The summed E-state index contributed by atoms with van der Waals surface area (Å²) in [6, 6.07) is 4.86. The monoisotopic (exact) mass is 316 g/mol. The van der Waals surface area contributed by atoms with Crippen LogP contribution in [0.25, 0.3) is 0 Å². The first kappa shape index (κ1) is 16.3. The summed E-state index contributed by atoms with van der Waals surface area (Å²) < 4.78 is 4.80. The summed E-state index contributed by atoms with van der Waals surface area (Å²) in [7, 11) is 0. The van der Waals surface area contributed by atoms with Gasteiger partial charge in [0, 0.05) is 36.9 Å². The van der Waals surface area contributed by atoms with Gasteiger partial charge in [0.1, 0.15) is 5.76 Å². The Labute approximate surface area is 132 Å². The molecule has 8 heteroatoms. The molecule has 2 aromatic rings. The van der Waals surface area contributed by atoms with Crippen molar-refractivity contribution in [3.63, 3.8) is 0 Å². The van der Waals surface area contributed by atoms with Crippen LogP contribution in [-0.2, 0) is 9.59 Å². The van der Waals surface area contributed by atoms with Crippen molar-refractivity contribution in [3.05, 3.63) is 41.9 Å². The average Bonchev–Trinajstić information content (AvgIpc) is 2.96. The minimum Gasteiger partial charge on any atom is -0.360 e. The summed E-state index contributed by atoms with van der Waals surface area (Å²) in [4.78, 5) is 38.9. The number of carbonyl (C=O) groups is 3. The third-order valence-corrected chi connectivity index (χ3v) is 2.90. The number of anilines is 1. The fourth-order valence-corrected chi connectivity index (χ4v) is 1.78. The third-order valence-electron chi connectivity index (χ3n) is 2.90. The van der Waals surface area contributed by atoms with Crippen LogP contribution in [0.15, 0.2) is 35.1 Å². The van der Waals surface area contributed by atoms with E-state index in [0.29, 0.717) is 11.3 Å². The summed E-state index contributed by atoms with van der Waals surface area (Å²) >= 11 is 0. The molecule has 0 atom stereocenters. The van der Waals surface area contributed by atoms with E-state index >= 15 is 0 Å². The van der Waals surface area contributed by atoms with Crippen LogP contribution in [0.3, 0.4) is 0 Å². The second-order valence-corrected chi connectivity index (χ2v) is 4.81. The molecule has 0 unspecified atom stereocenters. The quantitative estimate of drug-likeness (QED) is 0.739. The first-order valence-electron chi connectivity index (χ1n) is 6.97. The molecule has 0 aliphatic carbocycles. The highest BCUT2D eigenvalue weighted by molar-refractivity contribution is 5.98. The Bertz CT molecular complexity index is 697. The van der Waals surface area contributed by atoms with Gasteiger partial charge in [-0.15, -0.1) is 0 Å². The number of nitrogens with one attached hydrogen (secondary N) is 2. The number of carbonyl (C=O) groups excluding carboxylic acids is 3. The second-order valence-electron chi connectivity index (χ2n) is 4.81. The lowest BCUT2D eigenvalue weighted by Crippen LogP contribution is -2.33. The van der Waals surface area contributed by atoms with E-state index in [-0.39, 0.29) is 36.9 Å². The molecule has 0 bridgehead atoms. The first-order valence-corrected chi connectivity index (χ1v) is 6.97. The molecule has 23 heavy (non-hydrogen) atoms. The molecule has 2 rings (SSSR count). The van der Waals surface area contributed by atoms with Crippen LogP contribution in [0.2, 0.25) is 0 Å². The Balaban J connectivity index is 1.68.